The highest BCUT2D eigenvalue weighted by Gasteiger charge is 2.33. The van der Waals surface area contributed by atoms with Crippen molar-refractivity contribution in [3.8, 4) is 0 Å². The molecule has 1 aromatic carbocycles. The molecule has 98 valence electrons. The lowest BCUT2D eigenvalue weighted by atomic mass is 9.84. The third-order valence-electron chi connectivity index (χ3n) is 3.50. The van der Waals surface area contributed by atoms with E-state index in [0.29, 0.717) is 17.3 Å². The molecule has 0 unspecified atom stereocenters. The van der Waals surface area contributed by atoms with Gasteiger partial charge < -0.3 is 0 Å². The SMILES string of the molecule is CC(C)(C)c1cc(C2CC2)cc2c1NS(=O)(=O)N2. The fourth-order valence-electron chi connectivity index (χ4n) is 2.40. The lowest BCUT2D eigenvalue weighted by Gasteiger charge is -2.22. The maximum atomic E-state index is 11.6. The summed E-state index contributed by atoms with van der Waals surface area (Å²) < 4.78 is 28.4. The first-order valence-corrected chi connectivity index (χ1v) is 7.73. The van der Waals surface area contributed by atoms with Gasteiger partial charge in [-0.2, -0.15) is 8.42 Å². The molecule has 0 radical (unpaired) electrons. The van der Waals surface area contributed by atoms with Gasteiger partial charge in [0, 0.05) is 0 Å². The topological polar surface area (TPSA) is 58.2 Å². The smallest absolute Gasteiger partial charge is 0.265 e. The van der Waals surface area contributed by atoms with Crippen molar-refractivity contribution < 1.29 is 8.42 Å². The Kier molecular flexibility index (Phi) is 2.24. The Morgan fingerprint density at radius 1 is 1.17 bits per heavy atom. The van der Waals surface area contributed by atoms with Crippen LogP contribution in [-0.4, -0.2) is 8.42 Å². The minimum absolute atomic E-state index is 0.0798. The molecule has 0 saturated heterocycles. The average Bonchev–Trinajstić information content (AvgIpc) is 2.97. The van der Waals surface area contributed by atoms with Gasteiger partial charge in [0.25, 0.3) is 0 Å². The lowest BCUT2D eigenvalue weighted by molar-refractivity contribution is 0.591. The molecule has 1 aliphatic carbocycles. The molecule has 4 nitrogen and oxygen atoms in total. The summed E-state index contributed by atoms with van der Waals surface area (Å²) >= 11 is 0. The first-order chi connectivity index (χ1) is 8.26. The van der Waals surface area contributed by atoms with E-state index >= 15 is 0 Å². The van der Waals surface area contributed by atoms with E-state index in [1.165, 1.54) is 18.4 Å². The van der Waals surface area contributed by atoms with E-state index in [2.05, 4.69) is 36.3 Å². The zero-order valence-corrected chi connectivity index (χ0v) is 11.7. The average molecular weight is 266 g/mol. The molecule has 1 aromatic rings. The van der Waals surface area contributed by atoms with Crippen molar-refractivity contribution in [2.24, 2.45) is 0 Å². The highest BCUT2D eigenvalue weighted by Crippen LogP contribution is 2.47. The quantitative estimate of drug-likeness (QED) is 0.821. The molecule has 2 N–H and O–H groups in total. The third kappa shape index (κ3) is 1.96. The molecule has 3 rings (SSSR count). The van der Waals surface area contributed by atoms with Crippen LogP contribution < -0.4 is 9.44 Å². The van der Waals surface area contributed by atoms with E-state index in [0.717, 1.165) is 5.56 Å². The summed E-state index contributed by atoms with van der Waals surface area (Å²) in [7, 11) is -3.41. The maximum absolute atomic E-state index is 11.6. The largest absolute Gasteiger partial charge is 0.321 e. The standard InChI is InChI=1S/C13H18N2O2S/c1-13(2,3)10-6-9(8-4-5-8)7-11-12(10)15-18(16,17)14-11/h6-8,14-15H,4-5H2,1-3H3. The molecule has 1 fully saturated rings. The first-order valence-electron chi connectivity index (χ1n) is 6.25. The second-order valence-electron chi connectivity index (χ2n) is 6.22. The van der Waals surface area contributed by atoms with Crippen molar-refractivity contribution in [2.75, 3.05) is 9.44 Å². The van der Waals surface area contributed by atoms with Crippen LogP contribution in [0.1, 0.15) is 50.7 Å². The highest BCUT2D eigenvalue weighted by molar-refractivity contribution is 7.94. The van der Waals surface area contributed by atoms with E-state index < -0.39 is 10.2 Å². The second-order valence-corrected chi connectivity index (χ2v) is 7.64. The third-order valence-corrected chi connectivity index (χ3v) is 4.46. The number of hydrogen-bond acceptors (Lipinski definition) is 2. The monoisotopic (exact) mass is 266 g/mol. The number of nitrogens with one attached hydrogen (secondary N) is 2. The van der Waals surface area contributed by atoms with Crippen LogP contribution in [-0.2, 0) is 15.6 Å². The highest BCUT2D eigenvalue weighted by atomic mass is 32.2. The van der Waals surface area contributed by atoms with Crippen LogP contribution in [0.15, 0.2) is 12.1 Å². The van der Waals surface area contributed by atoms with Crippen molar-refractivity contribution in [3.63, 3.8) is 0 Å². The van der Waals surface area contributed by atoms with Crippen molar-refractivity contribution in [1.29, 1.82) is 0 Å². The van der Waals surface area contributed by atoms with E-state index in [1.807, 2.05) is 6.07 Å². The fourth-order valence-corrected chi connectivity index (χ4v) is 3.39. The van der Waals surface area contributed by atoms with Gasteiger partial charge in [-0.25, -0.2) is 0 Å². The Bertz CT molecular complexity index is 611. The summed E-state index contributed by atoms with van der Waals surface area (Å²) in [6.07, 6.45) is 2.42. The predicted octanol–water partition coefficient (Wildman–Crippen LogP) is 2.94. The van der Waals surface area contributed by atoms with E-state index in [-0.39, 0.29) is 5.41 Å². The van der Waals surface area contributed by atoms with Gasteiger partial charge in [-0.05, 0) is 41.4 Å². The van der Waals surface area contributed by atoms with E-state index in [1.54, 1.807) is 0 Å². The van der Waals surface area contributed by atoms with Crippen LogP contribution in [0.3, 0.4) is 0 Å². The molecule has 0 spiro atoms. The van der Waals surface area contributed by atoms with Gasteiger partial charge in [-0.3, -0.25) is 9.44 Å². The van der Waals surface area contributed by atoms with Crippen LogP contribution in [0.25, 0.3) is 0 Å². The molecule has 1 heterocycles. The molecule has 0 atom stereocenters. The summed E-state index contributed by atoms with van der Waals surface area (Å²) in [6, 6.07) is 4.13. The Labute approximate surface area is 108 Å². The summed E-state index contributed by atoms with van der Waals surface area (Å²) in [5, 5.41) is 0. The van der Waals surface area contributed by atoms with Crippen LogP contribution in [0, 0.1) is 0 Å². The van der Waals surface area contributed by atoms with Crippen LogP contribution >= 0.6 is 0 Å². The zero-order valence-electron chi connectivity index (χ0n) is 10.9. The van der Waals surface area contributed by atoms with E-state index in [4.69, 9.17) is 0 Å². The molecular formula is C13H18N2O2S. The fraction of sp³-hybridized carbons (Fsp3) is 0.538. The molecule has 18 heavy (non-hydrogen) atoms. The number of rotatable bonds is 1. The molecule has 0 aromatic heterocycles. The molecule has 1 saturated carbocycles. The van der Waals surface area contributed by atoms with Crippen LogP contribution in [0.4, 0.5) is 11.4 Å². The Balaban J connectivity index is 2.19. The van der Waals surface area contributed by atoms with Gasteiger partial charge in [0.05, 0.1) is 11.4 Å². The van der Waals surface area contributed by atoms with Gasteiger partial charge in [-0.15, -0.1) is 0 Å². The predicted molar refractivity (Wildman–Crippen MR) is 73.3 cm³/mol. The van der Waals surface area contributed by atoms with Crippen LogP contribution in [0.5, 0.6) is 0 Å². The van der Waals surface area contributed by atoms with Crippen molar-refractivity contribution in [3.05, 3.63) is 23.3 Å². The summed E-state index contributed by atoms with van der Waals surface area (Å²) in [5.41, 5.74) is 3.65. The van der Waals surface area contributed by atoms with E-state index in [9.17, 15) is 8.42 Å². The first kappa shape index (κ1) is 11.8. The van der Waals surface area contributed by atoms with Crippen molar-refractivity contribution in [1.82, 2.24) is 0 Å². The van der Waals surface area contributed by atoms with Crippen molar-refractivity contribution >= 4 is 21.6 Å². The molecule has 0 bridgehead atoms. The van der Waals surface area contributed by atoms with Gasteiger partial charge >= 0.3 is 10.2 Å². The zero-order chi connectivity index (χ0) is 13.1. The number of hydrogen-bond donors (Lipinski definition) is 2. The molecule has 0 amide bonds. The van der Waals surface area contributed by atoms with Gasteiger partial charge in [0.15, 0.2) is 0 Å². The molecule has 2 aliphatic rings. The van der Waals surface area contributed by atoms with Gasteiger partial charge in [0.2, 0.25) is 0 Å². The van der Waals surface area contributed by atoms with Crippen molar-refractivity contribution in [2.45, 2.75) is 44.9 Å². The molecular weight excluding hydrogens is 248 g/mol. The van der Waals surface area contributed by atoms with Crippen LogP contribution in [0.2, 0.25) is 0 Å². The molecule has 5 heteroatoms. The summed E-state index contributed by atoms with van der Waals surface area (Å²) in [5.74, 6) is 0.613. The Morgan fingerprint density at radius 3 is 2.39 bits per heavy atom. The van der Waals surface area contributed by atoms with Gasteiger partial charge in [-0.1, -0.05) is 26.8 Å². The molecule has 1 aliphatic heterocycles. The maximum Gasteiger partial charge on any atom is 0.321 e. The number of benzene rings is 1. The second kappa shape index (κ2) is 3.41. The minimum atomic E-state index is -3.41. The minimum Gasteiger partial charge on any atom is -0.265 e. The summed E-state index contributed by atoms with van der Waals surface area (Å²) in [4.78, 5) is 0. The van der Waals surface area contributed by atoms with Gasteiger partial charge in [0.1, 0.15) is 0 Å². The Hall–Kier alpha value is -1.23. The lowest BCUT2D eigenvalue weighted by Crippen LogP contribution is -2.16. The number of fused-ring (bicyclic) bond motifs is 1. The number of anilines is 2. The normalized spacial score (nSPS) is 21.1. The Morgan fingerprint density at radius 2 is 1.83 bits per heavy atom. The summed E-state index contributed by atoms with van der Waals surface area (Å²) in [6.45, 7) is 6.31.